The number of carbonyl (C=O) groups is 2. The first-order chi connectivity index (χ1) is 14.3. The van der Waals surface area contributed by atoms with E-state index in [1.807, 2.05) is 32.9 Å². The molecule has 0 bridgehead atoms. The normalized spacial score (nSPS) is 10.7. The number of methoxy groups -OCH3 is 2. The lowest BCUT2D eigenvalue weighted by molar-refractivity contribution is -0.142. The molecule has 7 nitrogen and oxygen atoms in total. The van der Waals surface area contributed by atoms with Gasteiger partial charge in [-0.15, -0.1) is 0 Å². The average molecular weight is 413 g/mol. The van der Waals surface area contributed by atoms with Crippen LogP contribution in [-0.2, 0) is 14.3 Å². The first-order valence-electron chi connectivity index (χ1n) is 9.46. The van der Waals surface area contributed by atoms with E-state index >= 15 is 0 Å². The molecule has 1 amide bonds. The lowest BCUT2D eigenvalue weighted by Gasteiger charge is -2.13. The van der Waals surface area contributed by atoms with Crippen molar-refractivity contribution in [1.82, 2.24) is 0 Å². The average Bonchev–Trinajstić information content (AvgIpc) is 2.72. The van der Waals surface area contributed by atoms with Gasteiger partial charge >= 0.3 is 5.97 Å². The number of esters is 1. The number of benzene rings is 2. The van der Waals surface area contributed by atoms with E-state index < -0.39 is 5.97 Å². The van der Waals surface area contributed by atoms with Crippen LogP contribution in [0.3, 0.4) is 0 Å². The molecule has 0 radical (unpaired) electrons. The zero-order valence-corrected chi connectivity index (χ0v) is 17.9. The molecule has 2 rings (SSSR count). The lowest BCUT2D eigenvalue weighted by Crippen LogP contribution is -2.13. The summed E-state index contributed by atoms with van der Waals surface area (Å²) in [5.41, 5.74) is 2.26. The fourth-order valence-corrected chi connectivity index (χ4v) is 2.55. The Balaban J connectivity index is 2.01. The van der Waals surface area contributed by atoms with Gasteiger partial charge in [0.15, 0.2) is 18.1 Å². The number of hydrogen-bond acceptors (Lipinski definition) is 6. The van der Waals surface area contributed by atoms with Crippen molar-refractivity contribution in [2.24, 2.45) is 0 Å². The van der Waals surface area contributed by atoms with Crippen LogP contribution in [0.4, 0.5) is 5.69 Å². The number of carbonyl (C=O) groups excluding carboxylic acids is 2. The van der Waals surface area contributed by atoms with Gasteiger partial charge in [0.25, 0.3) is 0 Å². The first kappa shape index (κ1) is 22.8. The van der Waals surface area contributed by atoms with E-state index in [0.29, 0.717) is 22.9 Å². The van der Waals surface area contributed by atoms with Crippen LogP contribution in [0.1, 0.15) is 25.0 Å². The predicted octanol–water partition coefficient (Wildman–Crippen LogP) is 3.99. The Morgan fingerprint density at radius 2 is 1.83 bits per heavy atom. The summed E-state index contributed by atoms with van der Waals surface area (Å²) in [6.07, 6.45) is 3.17. The monoisotopic (exact) mass is 413 g/mol. The molecule has 0 aliphatic heterocycles. The maximum atomic E-state index is 12.3. The van der Waals surface area contributed by atoms with E-state index in [4.69, 9.17) is 14.2 Å². The van der Waals surface area contributed by atoms with Crippen LogP contribution in [0.25, 0.3) is 6.08 Å². The number of amides is 1. The standard InChI is InChI=1S/C23H27NO6/c1-15(2)30-20-10-6-17(13-21(20)27-4)7-11-22(25)24-19-9-8-18(12-16(19)3)29-14-23(26)28-5/h6-13,15H,14H2,1-5H3,(H,24,25). The van der Waals surface area contributed by atoms with Crippen molar-refractivity contribution in [2.45, 2.75) is 26.9 Å². The van der Waals surface area contributed by atoms with Crippen LogP contribution in [0, 0.1) is 6.92 Å². The highest BCUT2D eigenvalue weighted by Gasteiger charge is 2.08. The summed E-state index contributed by atoms with van der Waals surface area (Å²) >= 11 is 0. The Morgan fingerprint density at radius 3 is 2.47 bits per heavy atom. The fourth-order valence-electron chi connectivity index (χ4n) is 2.55. The van der Waals surface area contributed by atoms with Gasteiger partial charge in [0.05, 0.1) is 20.3 Å². The maximum Gasteiger partial charge on any atom is 0.343 e. The Morgan fingerprint density at radius 1 is 1.07 bits per heavy atom. The van der Waals surface area contributed by atoms with Crippen LogP contribution < -0.4 is 19.5 Å². The SMILES string of the molecule is COC(=O)COc1ccc(NC(=O)C=Cc2ccc(OC(C)C)c(OC)c2)c(C)c1. The maximum absolute atomic E-state index is 12.3. The molecule has 0 saturated heterocycles. The van der Waals surface area contributed by atoms with E-state index in [0.717, 1.165) is 11.1 Å². The van der Waals surface area contributed by atoms with E-state index in [1.165, 1.54) is 13.2 Å². The van der Waals surface area contributed by atoms with E-state index in [9.17, 15) is 9.59 Å². The van der Waals surface area contributed by atoms with Crippen molar-refractivity contribution in [3.05, 3.63) is 53.6 Å². The van der Waals surface area contributed by atoms with Gasteiger partial charge in [0, 0.05) is 11.8 Å². The van der Waals surface area contributed by atoms with Gasteiger partial charge in [-0.25, -0.2) is 4.79 Å². The molecule has 30 heavy (non-hydrogen) atoms. The van der Waals surface area contributed by atoms with Gasteiger partial charge < -0.3 is 24.3 Å². The van der Waals surface area contributed by atoms with Crippen molar-refractivity contribution in [1.29, 1.82) is 0 Å². The second kappa shape index (κ2) is 10.9. The molecule has 0 saturated carbocycles. The molecule has 0 fully saturated rings. The third kappa shape index (κ3) is 6.84. The van der Waals surface area contributed by atoms with Crippen molar-refractivity contribution in [3.8, 4) is 17.2 Å². The molecule has 160 valence electrons. The molecule has 2 aromatic carbocycles. The zero-order chi connectivity index (χ0) is 22.1. The molecule has 0 atom stereocenters. The predicted molar refractivity (Wildman–Crippen MR) is 115 cm³/mol. The fraction of sp³-hybridized carbons (Fsp3) is 0.304. The highest BCUT2D eigenvalue weighted by molar-refractivity contribution is 6.02. The molecule has 7 heteroatoms. The molecule has 0 aliphatic rings. The molecule has 1 N–H and O–H groups in total. The zero-order valence-electron chi connectivity index (χ0n) is 17.9. The highest BCUT2D eigenvalue weighted by atomic mass is 16.6. The highest BCUT2D eigenvalue weighted by Crippen LogP contribution is 2.29. The van der Waals surface area contributed by atoms with Crippen molar-refractivity contribution < 1.29 is 28.5 Å². The summed E-state index contributed by atoms with van der Waals surface area (Å²) in [6.45, 7) is 5.55. The molecule has 2 aromatic rings. The van der Waals surface area contributed by atoms with Crippen LogP contribution in [0.5, 0.6) is 17.2 Å². The van der Waals surface area contributed by atoms with E-state index in [1.54, 1.807) is 37.5 Å². The van der Waals surface area contributed by atoms with Crippen LogP contribution in [-0.4, -0.2) is 38.8 Å². The molecule has 0 unspecified atom stereocenters. The molecular formula is C23H27NO6. The lowest BCUT2D eigenvalue weighted by atomic mass is 10.1. The van der Waals surface area contributed by atoms with Crippen LogP contribution in [0.2, 0.25) is 0 Å². The number of ether oxygens (including phenoxy) is 4. The number of rotatable bonds is 9. The second-order valence-electron chi connectivity index (χ2n) is 6.74. The van der Waals surface area contributed by atoms with Gasteiger partial charge in [-0.05, 0) is 68.3 Å². The van der Waals surface area contributed by atoms with Crippen molar-refractivity contribution in [3.63, 3.8) is 0 Å². The second-order valence-corrected chi connectivity index (χ2v) is 6.74. The van der Waals surface area contributed by atoms with E-state index in [-0.39, 0.29) is 18.6 Å². The third-order valence-electron chi connectivity index (χ3n) is 4.02. The first-order valence-corrected chi connectivity index (χ1v) is 9.46. The van der Waals surface area contributed by atoms with Gasteiger partial charge in [-0.2, -0.15) is 0 Å². The van der Waals surface area contributed by atoms with Gasteiger partial charge in [-0.1, -0.05) is 6.07 Å². The minimum Gasteiger partial charge on any atom is -0.493 e. The third-order valence-corrected chi connectivity index (χ3v) is 4.02. The van der Waals surface area contributed by atoms with E-state index in [2.05, 4.69) is 10.1 Å². The topological polar surface area (TPSA) is 83.1 Å². The Labute approximate surface area is 176 Å². The largest absolute Gasteiger partial charge is 0.493 e. The number of hydrogen-bond donors (Lipinski definition) is 1. The molecule has 0 aromatic heterocycles. The summed E-state index contributed by atoms with van der Waals surface area (Å²) in [6, 6.07) is 10.6. The number of aryl methyl sites for hydroxylation is 1. The summed E-state index contributed by atoms with van der Waals surface area (Å²) in [5, 5.41) is 2.82. The van der Waals surface area contributed by atoms with Gasteiger partial charge in [0.2, 0.25) is 5.91 Å². The van der Waals surface area contributed by atoms with Crippen molar-refractivity contribution in [2.75, 3.05) is 26.1 Å². The van der Waals surface area contributed by atoms with Gasteiger partial charge in [0.1, 0.15) is 5.75 Å². The molecular weight excluding hydrogens is 386 g/mol. The minimum absolute atomic E-state index is 0.0339. The number of nitrogens with one attached hydrogen (secondary N) is 1. The number of anilines is 1. The quantitative estimate of drug-likeness (QED) is 0.494. The minimum atomic E-state index is -0.462. The molecule has 0 aliphatic carbocycles. The van der Waals surface area contributed by atoms with Crippen LogP contribution >= 0.6 is 0 Å². The molecule has 0 spiro atoms. The summed E-state index contributed by atoms with van der Waals surface area (Å²) < 4.78 is 20.9. The van der Waals surface area contributed by atoms with Crippen molar-refractivity contribution >= 4 is 23.6 Å². The Kier molecular flexibility index (Phi) is 8.29. The van der Waals surface area contributed by atoms with Gasteiger partial charge in [-0.3, -0.25) is 4.79 Å². The Bertz CT molecular complexity index is 920. The summed E-state index contributed by atoms with van der Waals surface area (Å²) in [4.78, 5) is 23.4. The summed E-state index contributed by atoms with van der Waals surface area (Å²) in [7, 11) is 2.87. The summed E-state index contributed by atoms with van der Waals surface area (Å²) in [5.74, 6) is 1.03. The Hall–Kier alpha value is -3.48. The van der Waals surface area contributed by atoms with Crippen LogP contribution in [0.15, 0.2) is 42.5 Å². The molecule has 0 heterocycles. The smallest absolute Gasteiger partial charge is 0.343 e.